The van der Waals surface area contributed by atoms with Crippen molar-refractivity contribution >= 4 is 5.97 Å². The SMILES string of the molecule is O=C1O[C@H]2CC[C@@H]1CC[C@@H]2O. The first-order chi connectivity index (χ1) is 5.27. The second-order valence-electron chi connectivity index (χ2n) is 3.39. The van der Waals surface area contributed by atoms with E-state index in [0.29, 0.717) is 0 Å². The zero-order chi connectivity index (χ0) is 7.84. The minimum absolute atomic E-state index is 0.0726. The van der Waals surface area contributed by atoms with Crippen molar-refractivity contribution in [3.8, 4) is 0 Å². The van der Waals surface area contributed by atoms with Crippen molar-refractivity contribution in [3.63, 3.8) is 0 Å². The molecule has 0 aromatic heterocycles. The van der Waals surface area contributed by atoms with E-state index in [0.717, 1.165) is 25.7 Å². The van der Waals surface area contributed by atoms with Crippen LogP contribution in [-0.4, -0.2) is 23.3 Å². The van der Waals surface area contributed by atoms with Crippen molar-refractivity contribution in [3.05, 3.63) is 0 Å². The van der Waals surface area contributed by atoms with Gasteiger partial charge in [-0.15, -0.1) is 0 Å². The van der Waals surface area contributed by atoms with Crippen LogP contribution < -0.4 is 0 Å². The van der Waals surface area contributed by atoms with Crippen molar-refractivity contribution in [2.24, 2.45) is 5.92 Å². The fourth-order valence-corrected chi connectivity index (χ4v) is 1.88. The number of esters is 1. The molecule has 3 heteroatoms. The first-order valence-electron chi connectivity index (χ1n) is 4.16. The van der Waals surface area contributed by atoms with Gasteiger partial charge in [0.2, 0.25) is 0 Å². The predicted molar refractivity (Wildman–Crippen MR) is 37.8 cm³/mol. The third kappa shape index (κ3) is 1.13. The maximum Gasteiger partial charge on any atom is 0.309 e. The summed E-state index contributed by atoms with van der Waals surface area (Å²) in [7, 11) is 0. The molecule has 2 aliphatic heterocycles. The van der Waals surface area contributed by atoms with E-state index in [4.69, 9.17) is 4.74 Å². The number of hydrogen-bond acceptors (Lipinski definition) is 3. The Morgan fingerprint density at radius 3 is 2.73 bits per heavy atom. The Labute approximate surface area is 65.4 Å². The van der Waals surface area contributed by atoms with Crippen LogP contribution in [0.2, 0.25) is 0 Å². The first kappa shape index (κ1) is 7.10. The Morgan fingerprint density at radius 1 is 1.27 bits per heavy atom. The normalized spacial score (nSPS) is 43.4. The predicted octanol–water partition coefficient (Wildman–Crippen LogP) is 0.463. The van der Waals surface area contributed by atoms with Gasteiger partial charge in [0.15, 0.2) is 0 Å². The van der Waals surface area contributed by atoms with E-state index < -0.39 is 6.10 Å². The molecule has 3 fully saturated rings. The van der Waals surface area contributed by atoms with E-state index >= 15 is 0 Å². The van der Waals surface area contributed by atoms with Crippen molar-refractivity contribution in [2.75, 3.05) is 0 Å². The molecule has 1 N–H and O–H groups in total. The molecule has 1 saturated carbocycles. The molecule has 3 aliphatic rings. The van der Waals surface area contributed by atoms with Gasteiger partial charge in [0.1, 0.15) is 6.10 Å². The highest BCUT2D eigenvalue weighted by Gasteiger charge is 2.37. The highest BCUT2D eigenvalue weighted by Crippen LogP contribution is 2.31. The van der Waals surface area contributed by atoms with Gasteiger partial charge in [-0.25, -0.2) is 0 Å². The van der Waals surface area contributed by atoms with Crippen LogP contribution in [0, 0.1) is 5.92 Å². The molecule has 3 atom stereocenters. The van der Waals surface area contributed by atoms with Gasteiger partial charge < -0.3 is 9.84 Å². The summed E-state index contributed by atoms with van der Waals surface area (Å²) in [6.45, 7) is 0. The minimum atomic E-state index is -0.411. The third-order valence-electron chi connectivity index (χ3n) is 2.64. The topological polar surface area (TPSA) is 46.5 Å². The van der Waals surface area contributed by atoms with Crippen LogP contribution in [0.15, 0.2) is 0 Å². The Kier molecular flexibility index (Phi) is 1.60. The molecule has 2 saturated heterocycles. The molecule has 0 aromatic rings. The molecule has 3 nitrogen and oxygen atoms in total. The minimum Gasteiger partial charge on any atom is -0.459 e. The van der Waals surface area contributed by atoms with Crippen LogP contribution in [0.3, 0.4) is 0 Å². The van der Waals surface area contributed by atoms with Crippen molar-refractivity contribution in [1.82, 2.24) is 0 Å². The lowest BCUT2D eigenvalue weighted by molar-refractivity contribution is -0.163. The Balaban J connectivity index is 2.17. The van der Waals surface area contributed by atoms with Gasteiger partial charge >= 0.3 is 5.97 Å². The van der Waals surface area contributed by atoms with Crippen LogP contribution in [0.25, 0.3) is 0 Å². The maximum atomic E-state index is 11.1. The fraction of sp³-hybridized carbons (Fsp3) is 0.875. The molecule has 0 aromatic carbocycles. The molecule has 3 rings (SSSR count). The monoisotopic (exact) mass is 156 g/mol. The van der Waals surface area contributed by atoms with E-state index in [9.17, 15) is 9.90 Å². The van der Waals surface area contributed by atoms with Crippen LogP contribution in [0.4, 0.5) is 0 Å². The van der Waals surface area contributed by atoms with Crippen molar-refractivity contribution in [2.45, 2.75) is 37.9 Å². The van der Waals surface area contributed by atoms with Gasteiger partial charge in [-0.2, -0.15) is 0 Å². The van der Waals surface area contributed by atoms with E-state index in [2.05, 4.69) is 0 Å². The molecule has 0 unspecified atom stereocenters. The van der Waals surface area contributed by atoms with Crippen LogP contribution >= 0.6 is 0 Å². The van der Waals surface area contributed by atoms with E-state index in [1.807, 2.05) is 0 Å². The number of aliphatic hydroxyl groups excluding tert-OH is 1. The lowest BCUT2D eigenvalue weighted by Gasteiger charge is -2.24. The average Bonchev–Trinajstić information content (AvgIpc) is 2.22. The zero-order valence-corrected chi connectivity index (χ0v) is 6.32. The Morgan fingerprint density at radius 2 is 2.00 bits per heavy atom. The summed E-state index contributed by atoms with van der Waals surface area (Å²) in [6.07, 6.45) is 2.66. The lowest BCUT2D eigenvalue weighted by Crippen LogP contribution is -2.33. The average molecular weight is 156 g/mol. The molecule has 2 bridgehead atoms. The standard InChI is InChI=1S/C8H12O3/c9-6-3-1-5-2-4-7(6)11-8(5)10/h5-7,9H,1-4H2/t5-,6-,7-/m0/s1. The smallest absolute Gasteiger partial charge is 0.309 e. The number of rotatable bonds is 0. The quantitative estimate of drug-likeness (QED) is 0.518. The van der Waals surface area contributed by atoms with Crippen molar-refractivity contribution in [1.29, 1.82) is 0 Å². The molecule has 2 heterocycles. The third-order valence-corrected chi connectivity index (χ3v) is 2.64. The molecular weight excluding hydrogens is 144 g/mol. The molecule has 0 radical (unpaired) electrons. The first-order valence-corrected chi connectivity index (χ1v) is 4.16. The number of carbonyl (C=O) groups excluding carboxylic acids is 1. The molecule has 0 spiro atoms. The second-order valence-corrected chi connectivity index (χ2v) is 3.39. The van der Waals surface area contributed by atoms with Crippen molar-refractivity contribution < 1.29 is 14.6 Å². The summed E-state index contributed by atoms with van der Waals surface area (Å²) in [5.41, 5.74) is 0. The Hall–Kier alpha value is -0.570. The van der Waals surface area contributed by atoms with Crippen LogP contribution in [0.1, 0.15) is 25.7 Å². The maximum absolute atomic E-state index is 11.1. The molecule has 62 valence electrons. The fourth-order valence-electron chi connectivity index (χ4n) is 1.88. The van der Waals surface area contributed by atoms with E-state index in [1.165, 1.54) is 0 Å². The molecule has 11 heavy (non-hydrogen) atoms. The van der Waals surface area contributed by atoms with Gasteiger partial charge in [-0.3, -0.25) is 4.79 Å². The number of carbonyl (C=O) groups is 1. The summed E-state index contributed by atoms with van der Waals surface area (Å²) in [5.74, 6) is -0.0267. The molecule has 0 amide bonds. The molecular formula is C8H12O3. The zero-order valence-electron chi connectivity index (χ0n) is 6.32. The summed E-state index contributed by atoms with van der Waals surface area (Å²) in [6, 6.07) is 0. The van der Waals surface area contributed by atoms with Gasteiger partial charge in [-0.05, 0) is 25.7 Å². The van der Waals surface area contributed by atoms with Gasteiger partial charge in [0.25, 0.3) is 0 Å². The summed E-state index contributed by atoms with van der Waals surface area (Å²) in [5, 5.41) is 9.42. The summed E-state index contributed by atoms with van der Waals surface area (Å²) >= 11 is 0. The molecule has 1 aliphatic carbocycles. The largest absolute Gasteiger partial charge is 0.459 e. The number of ether oxygens (including phenoxy) is 1. The van der Waals surface area contributed by atoms with Gasteiger partial charge in [0.05, 0.1) is 12.0 Å². The summed E-state index contributed by atoms with van der Waals surface area (Å²) in [4.78, 5) is 11.1. The summed E-state index contributed by atoms with van der Waals surface area (Å²) < 4.78 is 5.03. The number of hydrogen-bond donors (Lipinski definition) is 1. The van der Waals surface area contributed by atoms with Gasteiger partial charge in [-0.1, -0.05) is 0 Å². The Bertz CT molecular complexity index is 178. The lowest BCUT2D eigenvalue weighted by atomic mass is 9.99. The van der Waals surface area contributed by atoms with Crippen LogP contribution in [-0.2, 0) is 9.53 Å². The second kappa shape index (κ2) is 2.48. The van der Waals surface area contributed by atoms with Gasteiger partial charge in [0, 0.05) is 0 Å². The highest BCUT2D eigenvalue weighted by atomic mass is 16.6. The number of aliphatic hydroxyl groups is 1. The van der Waals surface area contributed by atoms with E-state index in [1.54, 1.807) is 0 Å². The highest BCUT2D eigenvalue weighted by molar-refractivity contribution is 5.73. The number of fused-ring (bicyclic) bond motifs is 4. The van der Waals surface area contributed by atoms with E-state index in [-0.39, 0.29) is 18.0 Å². The van der Waals surface area contributed by atoms with Crippen LogP contribution in [0.5, 0.6) is 0 Å².